The van der Waals surface area contributed by atoms with Crippen molar-refractivity contribution in [1.82, 2.24) is 10.3 Å². The van der Waals surface area contributed by atoms with Crippen LogP contribution in [0.3, 0.4) is 0 Å². The summed E-state index contributed by atoms with van der Waals surface area (Å²) < 4.78 is 0. The van der Waals surface area contributed by atoms with E-state index in [9.17, 15) is 4.79 Å². The molecule has 1 aromatic rings. The summed E-state index contributed by atoms with van der Waals surface area (Å²) in [7, 11) is 0. The third-order valence-corrected chi connectivity index (χ3v) is 2.39. The minimum absolute atomic E-state index is 0.0575. The Labute approximate surface area is 103 Å². The molecule has 94 valence electrons. The van der Waals surface area contributed by atoms with Crippen LogP contribution in [0.5, 0.6) is 0 Å². The molecular formula is C13H21N3O. The molecule has 0 saturated carbocycles. The first kappa shape index (κ1) is 13.5. The zero-order valence-corrected chi connectivity index (χ0v) is 10.8. The molecule has 0 aliphatic rings. The van der Waals surface area contributed by atoms with E-state index < -0.39 is 0 Å². The first-order chi connectivity index (χ1) is 8.19. The first-order valence-corrected chi connectivity index (χ1v) is 6.17. The van der Waals surface area contributed by atoms with Gasteiger partial charge in [0.25, 0.3) is 5.91 Å². The van der Waals surface area contributed by atoms with Crippen LogP contribution >= 0.6 is 0 Å². The molecule has 0 radical (unpaired) electrons. The van der Waals surface area contributed by atoms with Crippen LogP contribution in [0, 0.1) is 6.92 Å². The van der Waals surface area contributed by atoms with Crippen molar-refractivity contribution in [3.63, 3.8) is 0 Å². The molecule has 0 bridgehead atoms. The van der Waals surface area contributed by atoms with Crippen LogP contribution < -0.4 is 10.6 Å². The number of carbonyl (C=O) groups excluding carboxylic acids is 1. The van der Waals surface area contributed by atoms with Crippen molar-refractivity contribution < 1.29 is 4.79 Å². The highest BCUT2D eigenvalue weighted by Crippen LogP contribution is 2.15. The quantitative estimate of drug-likeness (QED) is 0.795. The van der Waals surface area contributed by atoms with Crippen molar-refractivity contribution in [3.05, 3.63) is 23.5 Å². The highest BCUT2D eigenvalue weighted by molar-refractivity contribution is 5.99. The summed E-state index contributed by atoms with van der Waals surface area (Å²) in [6.07, 6.45) is 3.60. The van der Waals surface area contributed by atoms with Gasteiger partial charge >= 0.3 is 0 Å². The maximum atomic E-state index is 11.9. The molecule has 4 nitrogen and oxygen atoms in total. The lowest BCUT2D eigenvalue weighted by Gasteiger charge is -2.11. The van der Waals surface area contributed by atoms with Crippen LogP contribution in [0.2, 0.25) is 0 Å². The summed E-state index contributed by atoms with van der Waals surface area (Å²) in [6.45, 7) is 7.60. The molecule has 0 aliphatic heterocycles. The van der Waals surface area contributed by atoms with Gasteiger partial charge in [0.05, 0.1) is 11.3 Å². The highest BCUT2D eigenvalue weighted by atomic mass is 16.1. The molecule has 0 fully saturated rings. The fraction of sp³-hybridized carbons (Fsp3) is 0.538. The van der Waals surface area contributed by atoms with E-state index in [1.807, 2.05) is 19.9 Å². The molecule has 0 saturated heterocycles. The Kier molecular flexibility index (Phi) is 5.46. The maximum Gasteiger partial charge on any atom is 0.254 e. The number of amides is 1. The van der Waals surface area contributed by atoms with E-state index in [-0.39, 0.29) is 5.91 Å². The fourth-order valence-corrected chi connectivity index (χ4v) is 1.48. The van der Waals surface area contributed by atoms with Gasteiger partial charge in [-0.1, -0.05) is 13.8 Å². The number of hydrogen-bond donors (Lipinski definition) is 2. The predicted octanol–water partition coefficient (Wildman–Crippen LogP) is 2.35. The minimum atomic E-state index is -0.0575. The van der Waals surface area contributed by atoms with Crippen molar-refractivity contribution in [2.45, 2.75) is 33.6 Å². The number of anilines is 1. The highest BCUT2D eigenvalue weighted by Gasteiger charge is 2.11. The van der Waals surface area contributed by atoms with Crippen molar-refractivity contribution >= 4 is 11.6 Å². The second kappa shape index (κ2) is 6.89. The summed E-state index contributed by atoms with van der Waals surface area (Å²) in [5.41, 5.74) is 2.40. The number of pyridine rings is 1. The number of hydrogen-bond acceptors (Lipinski definition) is 3. The molecule has 0 spiro atoms. The molecule has 2 N–H and O–H groups in total. The number of carbonyl (C=O) groups is 1. The van der Waals surface area contributed by atoms with Crippen molar-refractivity contribution in [1.29, 1.82) is 0 Å². The van der Waals surface area contributed by atoms with Gasteiger partial charge in [0.1, 0.15) is 0 Å². The molecule has 0 aliphatic carbocycles. The first-order valence-electron chi connectivity index (χ1n) is 6.17. The van der Waals surface area contributed by atoms with Gasteiger partial charge in [0.15, 0.2) is 0 Å². The van der Waals surface area contributed by atoms with Gasteiger partial charge in [-0.15, -0.1) is 0 Å². The Bertz CT molecular complexity index is 377. The van der Waals surface area contributed by atoms with E-state index in [4.69, 9.17) is 0 Å². The Morgan fingerprint density at radius 1 is 1.29 bits per heavy atom. The Morgan fingerprint density at radius 2 is 2.00 bits per heavy atom. The van der Waals surface area contributed by atoms with E-state index >= 15 is 0 Å². The molecule has 4 heteroatoms. The summed E-state index contributed by atoms with van der Waals surface area (Å²) in [5.74, 6) is -0.0575. The van der Waals surface area contributed by atoms with Crippen molar-refractivity contribution in [2.24, 2.45) is 0 Å². The predicted molar refractivity (Wildman–Crippen MR) is 70.4 cm³/mol. The van der Waals surface area contributed by atoms with Crippen molar-refractivity contribution in [3.8, 4) is 0 Å². The molecular weight excluding hydrogens is 214 g/mol. The molecule has 1 rings (SSSR count). The van der Waals surface area contributed by atoms with Crippen LogP contribution in [0.4, 0.5) is 5.69 Å². The zero-order valence-electron chi connectivity index (χ0n) is 10.8. The lowest BCUT2D eigenvalue weighted by Crippen LogP contribution is -2.25. The summed E-state index contributed by atoms with van der Waals surface area (Å²) in [4.78, 5) is 16.1. The van der Waals surface area contributed by atoms with Crippen LogP contribution in [-0.2, 0) is 0 Å². The average Bonchev–Trinajstić information content (AvgIpc) is 2.33. The Morgan fingerprint density at radius 3 is 2.65 bits per heavy atom. The lowest BCUT2D eigenvalue weighted by molar-refractivity contribution is 0.0954. The fourth-order valence-electron chi connectivity index (χ4n) is 1.48. The minimum Gasteiger partial charge on any atom is -0.384 e. The number of nitrogens with zero attached hydrogens (tertiary/aromatic N) is 1. The molecule has 0 unspecified atom stereocenters. The average molecular weight is 235 g/mol. The van der Waals surface area contributed by atoms with Crippen LogP contribution in [0.15, 0.2) is 12.3 Å². The largest absolute Gasteiger partial charge is 0.384 e. The Balaban J connectivity index is 2.84. The second-order valence-electron chi connectivity index (χ2n) is 4.05. The number of nitrogens with one attached hydrogen (secondary N) is 2. The molecule has 1 heterocycles. The van der Waals surface area contributed by atoms with Gasteiger partial charge in [0, 0.05) is 25.0 Å². The third kappa shape index (κ3) is 4.06. The summed E-state index contributed by atoms with van der Waals surface area (Å²) in [6, 6.07) is 1.91. The van der Waals surface area contributed by atoms with Crippen LogP contribution in [0.25, 0.3) is 0 Å². The summed E-state index contributed by atoms with van der Waals surface area (Å²) in [5, 5.41) is 6.13. The van der Waals surface area contributed by atoms with Gasteiger partial charge in [0.2, 0.25) is 0 Å². The van der Waals surface area contributed by atoms with E-state index in [1.165, 1.54) is 0 Å². The van der Waals surface area contributed by atoms with E-state index in [0.717, 1.165) is 30.8 Å². The summed E-state index contributed by atoms with van der Waals surface area (Å²) >= 11 is 0. The standard InChI is InChI=1S/C13H21N3O/c1-4-6-14-12-8-10(3)16-9-11(12)13(17)15-7-5-2/h8-9H,4-7H2,1-3H3,(H,14,16)(H,15,17). The number of rotatable bonds is 6. The molecule has 17 heavy (non-hydrogen) atoms. The van der Waals surface area contributed by atoms with Gasteiger partial charge in [-0.2, -0.15) is 0 Å². The SMILES string of the molecule is CCCNC(=O)c1cnc(C)cc1NCCC. The molecule has 1 amide bonds. The van der Waals surface area contributed by atoms with Crippen LogP contribution in [0.1, 0.15) is 42.7 Å². The molecule has 1 aromatic heterocycles. The van der Waals surface area contributed by atoms with Gasteiger partial charge in [-0.3, -0.25) is 9.78 Å². The van der Waals surface area contributed by atoms with Crippen molar-refractivity contribution in [2.75, 3.05) is 18.4 Å². The van der Waals surface area contributed by atoms with E-state index in [2.05, 4.69) is 22.5 Å². The maximum absolute atomic E-state index is 11.9. The van der Waals surface area contributed by atoms with Gasteiger partial charge < -0.3 is 10.6 Å². The normalized spacial score (nSPS) is 10.1. The number of aromatic nitrogens is 1. The zero-order chi connectivity index (χ0) is 12.7. The van der Waals surface area contributed by atoms with Crippen LogP contribution in [-0.4, -0.2) is 24.0 Å². The number of aryl methyl sites for hydroxylation is 1. The van der Waals surface area contributed by atoms with Gasteiger partial charge in [-0.25, -0.2) is 0 Å². The smallest absolute Gasteiger partial charge is 0.254 e. The molecule has 0 aromatic carbocycles. The molecule has 0 atom stereocenters. The topological polar surface area (TPSA) is 54.0 Å². The van der Waals surface area contributed by atoms with Gasteiger partial charge in [-0.05, 0) is 25.8 Å². The van der Waals surface area contributed by atoms with E-state index in [0.29, 0.717) is 12.1 Å². The Hall–Kier alpha value is -1.58. The second-order valence-corrected chi connectivity index (χ2v) is 4.05. The monoisotopic (exact) mass is 235 g/mol. The third-order valence-electron chi connectivity index (χ3n) is 2.39. The lowest BCUT2D eigenvalue weighted by atomic mass is 10.2. The van der Waals surface area contributed by atoms with E-state index in [1.54, 1.807) is 6.20 Å².